The number of nitrogens with zero attached hydrogens (tertiary/aromatic N) is 1. The van der Waals surface area contributed by atoms with Crippen molar-refractivity contribution in [3.63, 3.8) is 0 Å². The maximum absolute atomic E-state index is 12.9. The lowest BCUT2D eigenvalue weighted by Crippen LogP contribution is -2.38. The number of carbonyl (C=O) groups is 3. The van der Waals surface area contributed by atoms with Crippen LogP contribution in [0.15, 0.2) is 24.3 Å². The Labute approximate surface area is 177 Å². The third-order valence-corrected chi connectivity index (χ3v) is 4.75. The molecule has 0 unspecified atom stereocenters. The van der Waals surface area contributed by atoms with Gasteiger partial charge in [0.1, 0.15) is 5.69 Å². The van der Waals surface area contributed by atoms with Gasteiger partial charge >= 0.3 is 12.1 Å². The molecule has 0 spiro atoms. The van der Waals surface area contributed by atoms with Crippen molar-refractivity contribution in [2.24, 2.45) is 0 Å². The smallest absolute Gasteiger partial charge is 0.416 e. The Kier molecular flexibility index (Phi) is 7.61. The van der Waals surface area contributed by atoms with Crippen LogP contribution in [0.1, 0.15) is 48.0 Å². The third-order valence-electron chi connectivity index (χ3n) is 4.75. The van der Waals surface area contributed by atoms with E-state index in [2.05, 4.69) is 9.72 Å². The predicted octanol–water partition coefficient (Wildman–Crippen LogP) is 3.41. The molecule has 1 N–H and O–H groups in total. The summed E-state index contributed by atoms with van der Waals surface area (Å²) >= 11 is 0. The number of aryl methyl sites for hydroxylation is 1. The molecule has 0 aliphatic carbocycles. The first-order valence-electron chi connectivity index (χ1n) is 9.27. The molecule has 1 aromatic heterocycles. The summed E-state index contributed by atoms with van der Waals surface area (Å²) < 4.78 is 48.0. The molecule has 0 aliphatic rings. The van der Waals surface area contributed by atoms with Crippen LogP contribution in [0.25, 0.3) is 0 Å². The van der Waals surface area contributed by atoms with Crippen LogP contribution >= 0.6 is 0 Å². The molecule has 2 rings (SSSR count). The van der Waals surface area contributed by atoms with Gasteiger partial charge in [-0.1, -0.05) is 0 Å². The van der Waals surface area contributed by atoms with Crippen molar-refractivity contribution in [1.82, 2.24) is 9.88 Å². The lowest BCUT2D eigenvalue weighted by atomic mass is 10.0. The van der Waals surface area contributed by atoms with Crippen molar-refractivity contribution in [1.29, 1.82) is 0 Å². The van der Waals surface area contributed by atoms with E-state index in [1.165, 1.54) is 19.1 Å². The number of nitrogens with one attached hydrogen (secondary N) is 1. The Balaban J connectivity index is 2.29. The maximum atomic E-state index is 12.9. The predicted molar refractivity (Wildman–Crippen MR) is 105 cm³/mol. The van der Waals surface area contributed by atoms with Crippen LogP contribution in [-0.4, -0.2) is 61.5 Å². The van der Waals surface area contributed by atoms with Gasteiger partial charge < -0.3 is 19.4 Å². The molecule has 0 fully saturated rings. The minimum Gasteiger partial charge on any atom is -0.464 e. The van der Waals surface area contributed by atoms with E-state index in [4.69, 9.17) is 4.74 Å². The van der Waals surface area contributed by atoms with E-state index < -0.39 is 29.4 Å². The molecule has 0 radical (unpaired) electrons. The fourth-order valence-corrected chi connectivity index (χ4v) is 3.17. The number of hydrogen-bond acceptors (Lipinski definition) is 5. The molecular formula is C21H23F3N2O5. The molecule has 0 aliphatic heterocycles. The van der Waals surface area contributed by atoms with Gasteiger partial charge in [0.05, 0.1) is 25.8 Å². The number of rotatable bonds is 8. The lowest BCUT2D eigenvalue weighted by molar-refractivity contribution is -0.137. The summed E-state index contributed by atoms with van der Waals surface area (Å²) in [6.07, 6.45) is -4.52. The van der Waals surface area contributed by atoms with Gasteiger partial charge in [0, 0.05) is 30.5 Å². The van der Waals surface area contributed by atoms with Gasteiger partial charge in [0.25, 0.3) is 5.91 Å². The number of esters is 1. The standard InChI is InChI=1S/C21H23F3N2O5/c1-12-17(13(2)25-18(12)20(29)31-4)16(27)11-26(9-10-30-3)19(28)14-5-7-15(8-6-14)21(22,23)24/h5-8,25H,9-11H2,1-4H3. The van der Waals surface area contributed by atoms with E-state index in [0.29, 0.717) is 11.3 Å². The van der Waals surface area contributed by atoms with Gasteiger partial charge in [0.2, 0.25) is 0 Å². The zero-order valence-electron chi connectivity index (χ0n) is 17.6. The van der Waals surface area contributed by atoms with Gasteiger partial charge in [0.15, 0.2) is 5.78 Å². The highest BCUT2D eigenvalue weighted by atomic mass is 19.4. The third kappa shape index (κ3) is 5.52. The Morgan fingerprint density at radius 2 is 1.68 bits per heavy atom. The molecule has 31 heavy (non-hydrogen) atoms. The molecule has 7 nitrogen and oxygen atoms in total. The van der Waals surface area contributed by atoms with Gasteiger partial charge in [-0.25, -0.2) is 4.79 Å². The van der Waals surface area contributed by atoms with Crippen LogP contribution in [0.4, 0.5) is 13.2 Å². The largest absolute Gasteiger partial charge is 0.464 e. The van der Waals surface area contributed by atoms with Crippen LogP contribution < -0.4 is 0 Å². The number of ketones is 1. The Hall–Kier alpha value is -3.14. The van der Waals surface area contributed by atoms with Gasteiger partial charge in [-0.05, 0) is 43.7 Å². The molecule has 0 bridgehead atoms. The van der Waals surface area contributed by atoms with E-state index in [9.17, 15) is 27.6 Å². The average molecular weight is 440 g/mol. The summed E-state index contributed by atoms with van der Waals surface area (Å²) in [5.74, 6) is -1.67. The highest BCUT2D eigenvalue weighted by molar-refractivity contribution is 6.05. The lowest BCUT2D eigenvalue weighted by Gasteiger charge is -2.22. The Morgan fingerprint density at radius 3 is 2.19 bits per heavy atom. The number of hydrogen-bond donors (Lipinski definition) is 1. The second-order valence-electron chi connectivity index (χ2n) is 6.83. The quantitative estimate of drug-likeness (QED) is 0.502. The van der Waals surface area contributed by atoms with Crippen LogP contribution in [0, 0.1) is 13.8 Å². The fraction of sp³-hybridized carbons (Fsp3) is 0.381. The second-order valence-corrected chi connectivity index (χ2v) is 6.83. The summed E-state index contributed by atoms with van der Waals surface area (Å²) in [7, 11) is 2.64. The number of alkyl halides is 3. The number of halogens is 3. The molecule has 0 saturated heterocycles. The van der Waals surface area contributed by atoms with Gasteiger partial charge in [-0.15, -0.1) is 0 Å². The normalized spacial score (nSPS) is 11.3. The summed E-state index contributed by atoms with van der Waals surface area (Å²) in [5.41, 5.74) is 0.357. The maximum Gasteiger partial charge on any atom is 0.416 e. The number of Topliss-reactive ketones (excluding diaryl/α,β-unsaturated/α-hetero) is 1. The van der Waals surface area contributed by atoms with E-state index in [1.54, 1.807) is 13.8 Å². The van der Waals surface area contributed by atoms with Crippen LogP contribution in [0.2, 0.25) is 0 Å². The van der Waals surface area contributed by atoms with E-state index >= 15 is 0 Å². The van der Waals surface area contributed by atoms with Crippen molar-refractivity contribution < 1.29 is 37.0 Å². The molecule has 10 heteroatoms. The number of aromatic amines is 1. The molecule has 1 heterocycles. The SMILES string of the molecule is COCCN(CC(=O)c1c(C)[nH]c(C(=O)OC)c1C)C(=O)c1ccc(C(F)(F)F)cc1. The van der Waals surface area contributed by atoms with Crippen molar-refractivity contribution in [2.45, 2.75) is 20.0 Å². The first-order valence-corrected chi connectivity index (χ1v) is 9.27. The molecule has 168 valence electrons. The van der Waals surface area contributed by atoms with Crippen molar-refractivity contribution in [3.05, 3.63) is 57.9 Å². The number of methoxy groups -OCH3 is 2. The minimum atomic E-state index is -4.52. The summed E-state index contributed by atoms with van der Waals surface area (Å²) in [5, 5.41) is 0. The molecule has 0 saturated carbocycles. The number of aromatic nitrogens is 1. The highest BCUT2D eigenvalue weighted by Gasteiger charge is 2.31. The summed E-state index contributed by atoms with van der Waals surface area (Å²) in [6, 6.07) is 3.76. The van der Waals surface area contributed by atoms with Crippen LogP contribution in [-0.2, 0) is 15.7 Å². The van der Waals surface area contributed by atoms with Crippen molar-refractivity contribution in [2.75, 3.05) is 33.9 Å². The molecule has 0 atom stereocenters. The van der Waals surface area contributed by atoms with Gasteiger partial charge in [-0.2, -0.15) is 13.2 Å². The number of carbonyl (C=O) groups excluding carboxylic acids is 3. The van der Waals surface area contributed by atoms with E-state index in [1.807, 2.05) is 0 Å². The van der Waals surface area contributed by atoms with Crippen molar-refractivity contribution >= 4 is 17.7 Å². The number of amides is 1. The monoisotopic (exact) mass is 440 g/mol. The number of benzene rings is 1. The Morgan fingerprint density at radius 1 is 1.06 bits per heavy atom. The zero-order chi connectivity index (χ0) is 23.3. The molecule has 2 aromatic rings. The topological polar surface area (TPSA) is 88.7 Å². The van der Waals surface area contributed by atoms with Crippen molar-refractivity contribution in [3.8, 4) is 0 Å². The number of H-pyrrole nitrogens is 1. The summed E-state index contributed by atoms with van der Waals surface area (Å²) in [4.78, 5) is 41.7. The molecule has 1 aromatic carbocycles. The zero-order valence-corrected chi connectivity index (χ0v) is 17.6. The minimum absolute atomic E-state index is 0.00895. The second kappa shape index (κ2) is 9.78. The first kappa shape index (κ1) is 24.1. The average Bonchev–Trinajstić information content (AvgIpc) is 3.03. The molecule has 1 amide bonds. The van der Waals surface area contributed by atoms with Crippen LogP contribution in [0.3, 0.4) is 0 Å². The van der Waals surface area contributed by atoms with E-state index in [0.717, 1.165) is 24.3 Å². The Bertz CT molecular complexity index is 965. The van der Waals surface area contributed by atoms with Gasteiger partial charge in [-0.3, -0.25) is 9.59 Å². The van der Waals surface area contributed by atoms with Crippen LogP contribution in [0.5, 0.6) is 0 Å². The van der Waals surface area contributed by atoms with E-state index in [-0.39, 0.29) is 36.5 Å². The number of ether oxygens (including phenoxy) is 2. The first-order chi connectivity index (χ1) is 14.5. The molecular weight excluding hydrogens is 417 g/mol. The fourth-order valence-electron chi connectivity index (χ4n) is 3.17. The summed E-state index contributed by atoms with van der Waals surface area (Å²) in [6.45, 7) is 3.03. The highest BCUT2D eigenvalue weighted by Crippen LogP contribution is 2.29.